The van der Waals surface area contributed by atoms with Crippen LogP contribution in [0.3, 0.4) is 0 Å². The van der Waals surface area contributed by atoms with Gasteiger partial charge in [0, 0.05) is 42.6 Å². The SMILES string of the molecule is Cc1cccc(N2CCN(c3ccc(NC(=O)c4ccccc4)cc3C(=O)O)CC2C)c1.O=C(O)C(F)(F)F. The van der Waals surface area contributed by atoms with E-state index in [0.29, 0.717) is 30.0 Å². The second-order valence-electron chi connectivity index (χ2n) is 8.99. The number of halogens is 3. The zero-order valence-corrected chi connectivity index (χ0v) is 21.3. The highest BCUT2D eigenvalue weighted by atomic mass is 19.4. The fourth-order valence-corrected chi connectivity index (χ4v) is 4.22. The molecule has 8 nitrogen and oxygen atoms in total. The van der Waals surface area contributed by atoms with Crippen LogP contribution >= 0.6 is 0 Å². The van der Waals surface area contributed by atoms with Crippen LogP contribution in [-0.2, 0) is 4.79 Å². The number of piperazine rings is 1. The largest absolute Gasteiger partial charge is 0.490 e. The molecule has 3 N–H and O–H groups in total. The van der Waals surface area contributed by atoms with E-state index >= 15 is 0 Å². The number of carboxylic acid groups (broad SMARTS) is 2. The van der Waals surface area contributed by atoms with E-state index in [-0.39, 0.29) is 17.5 Å². The fourth-order valence-electron chi connectivity index (χ4n) is 4.22. The second-order valence-corrected chi connectivity index (χ2v) is 8.99. The molecule has 0 radical (unpaired) electrons. The summed E-state index contributed by atoms with van der Waals surface area (Å²) in [4.78, 5) is 37.8. The van der Waals surface area contributed by atoms with Crippen molar-refractivity contribution in [1.29, 1.82) is 0 Å². The molecule has 0 spiro atoms. The summed E-state index contributed by atoms with van der Waals surface area (Å²) in [6.07, 6.45) is -5.08. The van der Waals surface area contributed by atoms with E-state index in [4.69, 9.17) is 9.90 Å². The van der Waals surface area contributed by atoms with E-state index < -0.39 is 18.1 Å². The number of aliphatic carboxylic acids is 1. The first-order chi connectivity index (χ1) is 18.4. The lowest BCUT2D eigenvalue weighted by Gasteiger charge is -2.42. The number of carboxylic acids is 2. The molecule has 0 saturated carbocycles. The molecule has 1 aliphatic heterocycles. The van der Waals surface area contributed by atoms with Crippen LogP contribution in [0.15, 0.2) is 72.8 Å². The van der Waals surface area contributed by atoms with Gasteiger partial charge in [-0.25, -0.2) is 9.59 Å². The lowest BCUT2D eigenvalue weighted by atomic mass is 10.1. The van der Waals surface area contributed by atoms with Crippen LogP contribution < -0.4 is 15.1 Å². The molecule has 0 aliphatic carbocycles. The maximum Gasteiger partial charge on any atom is 0.490 e. The molecule has 1 unspecified atom stereocenters. The van der Waals surface area contributed by atoms with E-state index in [1.54, 1.807) is 36.4 Å². The Bertz CT molecular complexity index is 1330. The van der Waals surface area contributed by atoms with Crippen molar-refractivity contribution in [2.24, 2.45) is 0 Å². The number of rotatable bonds is 5. The van der Waals surface area contributed by atoms with Crippen molar-refractivity contribution in [2.75, 3.05) is 34.8 Å². The average Bonchev–Trinajstić information content (AvgIpc) is 2.89. The maximum absolute atomic E-state index is 12.4. The van der Waals surface area contributed by atoms with Crippen LogP contribution in [0.5, 0.6) is 0 Å². The molecule has 1 aliphatic rings. The molecule has 1 atom stereocenters. The molecule has 39 heavy (non-hydrogen) atoms. The van der Waals surface area contributed by atoms with Gasteiger partial charge < -0.3 is 25.3 Å². The van der Waals surface area contributed by atoms with Crippen molar-refractivity contribution < 1.29 is 37.8 Å². The number of aryl methyl sites for hydroxylation is 1. The van der Waals surface area contributed by atoms with Gasteiger partial charge in [0.05, 0.1) is 11.3 Å². The van der Waals surface area contributed by atoms with Crippen LogP contribution in [0.1, 0.15) is 33.2 Å². The second kappa shape index (κ2) is 12.3. The van der Waals surface area contributed by atoms with Crippen molar-refractivity contribution in [1.82, 2.24) is 0 Å². The molecule has 3 aromatic carbocycles. The lowest BCUT2D eigenvalue weighted by molar-refractivity contribution is -0.192. The van der Waals surface area contributed by atoms with Gasteiger partial charge in [0.25, 0.3) is 5.91 Å². The fraction of sp³-hybridized carbons (Fsp3) is 0.250. The number of benzene rings is 3. The Morgan fingerprint density at radius 3 is 2.15 bits per heavy atom. The predicted molar refractivity (Wildman–Crippen MR) is 142 cm³/mol. The van der Waals surface area contributed by atoms with Gasteiger partial charge in [0.2, 0.25) is 0 Å². The van der Waals surface area contributed by atoms with Crippen LogP contribution in [-0.4, -0.2) is 59.9 Å². The molecule has 1 amide bonds. The summed E-state index contributed by atoms with van der Waals surface area (Å²) >= 11 is 0. The highest BCUT2D eigenvalue weighted by Crippen LogP contribution is 2.29. The third-order valence-corrected chi connectivity index (χ3v) is 6.06. The molecule has 1 saturated heterocycles. The molecule has 1 heterocycles. The number of carbonyl (C=O) groups is 3. The summed E-state index contributed by atoms with van der Waals surface area (Å²) in [5, 5.41) is 19.8. The minimum atomic E-state index is -5.08. The lowest BCUT2D eigenvalue weighted by Crippen LogP contribution is -2.52. The van der Waals surface area contributed by atoms with E-state index in [9.17, 15) is 27.9 Å². The molecule has 11 heteroatoms. The summed E-state index contributed by atoms with van der Waals surface area (Å²) in [5.41, 5.74) is 4.26. The normalized spacial score (nSPS) is 15.2. The number of amides is 1. The third-order valence-electron chi connectivity index (χ3n) is 6.06. The first kappa shape index (κ1) is 29.0. The zero-order valence-electron chi connectivity index (χ0n) is 21.3. The van der Waals surface area contributed by atoms with Crippen LogP contribution in [0.4, 0.5) is 30.2 Å². The Morgan fingerprint density at radius 1 is 0.923 bits per heavy atom. The summed E-state index contributed by atoms with van der Waals surface area (Å²) < 4.78 is 31.7. The predicted octanol–water partition coefficient (Wildman–Crippen LogP) is 5.29. The monoisotopic (exact) mass is 543 g/mol. The average molecular weight is 544 g/mol. The van der Waals surface area contributed by atoms with E-state index in [1.807, 2.05) is 6.07 Å². The summed E-state index contributed by atoms with van der Waals surface area (Å²) in [5.74, 6) is -4.04. The highest BCUT2D eigenvalue weighted by molar-refractivity contribution is 6.05. The highest BCUT2D eigenvalue weighted by Gasteiger charge is 2.38. The van der Waals surface area contributed by atoms with Gasteiger partial charge in [-0.1, -0.05) is 30.3 Å². The molecule has 0 aromatic heterocycles. The Balaban J connectivity index is 0.000000532. The molecular weight excluding hydrogens is 515 g/mol. The summed E-state index contributed by atoms with van der Waals surface area (Å²) in [6, 6.07) is 22.6. The number of alkyl halides is 3. The van der Waals surface area contributed by atoms with Crippen molar-refractivity contribution in [3.05, 3.63) is 89.5 Å². The molecular formula is C28H28F3N3O5. The van der Waals surface area contributed by atoms with Crippen molar-refractivity contribution in [3.8, 4) is 0 Å². The quantitative estimate of drug-likeness (QED) is 0.401. The Labute approximate surface area is 223 Å². The third kappa shape index (κ3) is 7.73. The molecule has 1 fully saturated rings. The number of hydrogen-bond donors (Lipinski definition) is 3. The summed E-state index contributed by atoms with van der Waals surface area (Å²) in [7, 11) is 0. The number of carbonyl (C=O) groups excluding carboxylic acids is 1. The van der Waals surface area contributed by atoms with Crippen LogP contribution in [0.2, 0.25) is 0 Å². The number of nitrogens with zero attached hydrogens (tertiary/aromatic N) is 2. The molecule has 206 valence electrons. The standard InChI is InChI=1S/C26H27N3O3.C2HF3O2/c1-18-7-6-10-22(15-18)29-14-13-28(17-19(29)2)24-12-11-21(16-23(24)26(31)32)27-25(30)20-8-4-3-5-9-20;3-2(4,5)1(6)7/h3-12,15-16,19H,13-14,17H2,1-2H3,(H,27,30)(H,31,32);(H,6,7). The van der Waals surface area contributed by atoms with Gasteiger partial charge in [-0.05, 0) is 61.9 Å². The number of hydrogen-bond acceptors (Lipinski definition) is 5. The maximum atomic E-state index is 12.4. The van der Waals surface area contributed by atoms with Gasteiger partial charge in [-0.15, -0.1) is 0 Å². The first-order valence-electron chi connectivity index (χ1n) is 12.0. The van der Waals surface area contributed by atoms with Crippen molar-refractivity contribution >= 4 is 34.9 Å². The van der Waals surface area contributed by atoms with Crippen LogP contribution in [0, 0.1) is 6.92 Å². The van der Waals surface area contributed by atoms with E-state index in [1.165, 1.54) is 17.3 Å². The van der Waals surface area contributed by atoms with Gasteiger partial charge >= 0.3 is 18.1 Å². The number of aromatic carboxylic acids is 1. The Kier molecular flexibility index (Phi) is 9.18. The van der Waals surface area contributed by atoms with Crippen molar-refractivity contribution in [2.45, 2.75) is 26.1 Å². The topological polar surface area (TPSA) is 110 Å². The Hall–Kier alpha value is -4.54. The Morgan fingerprint density at radius 2 is 1.59 bits per heavy atom. The van der Waals surface area contributed by atoms with Crippen LogP contribution in [0.25, 0.3) is 0 Å². The van der Waals surface area contributed by atoms with E-state index in [2.05, 4.69) is 53.2 Å². The first-order valence-corrected chi connectivity index (χ1v) is 12.0. The van der Waals surface area contributed by atoms with Crippen molar-refractivity contribution in [3.63, 3.8) is 0 Å². The number of nitrogens with one attached hydrogen (secondary N) is 1. The van der Waals surface area contributed by atoms with E-state index in [0.717, 1.165) is 6.54 Å². The van der Waals surface area contributed by atoms with Gasteiger partial charge in [0.1, 0.15) is 0 Å². The zero-order chi connectivity index (χ0) is 28.7. The minimum absolute atomic E-state index is 0.187. The smallest absolute Gasteiger partial charge is 0.478 e. The van der Waals surface area contributed by atoms with Gasteiger partial charge in [0.15, 0.2) is 0 Å². The van der Waals surface area contributed by atoms with Gasteiger partial charge in [-0.2, -0.15) is 13.2 Å². The molecule has 4 rings (SSSR count). The number of anilines is 3. The minimum Gasteiger partial charge on any atom is -0.478 e. The molecule has 0 bridgehead atoms. The summed E-state index contributed by atoms with van der Waals surface area (Å²) in [6.45, 7) is 6.47. The molecule has 3 aromatic rings. The van der Waals surface area contributed by atoms with Gasteiger partial charge in [-0.3, -0.25) is 4.79 Å².